The molecule has 0 amide bonds. The predicted molar refractivity (Wildman–Crippen MR) is 133 cm³/mol. The van der Waals surface area contributed by atoms with Gasteiger partial charge in [0.15, 0.2) is 5.82 Å². The smallest absolute Gasteiger partial charge is 0.370 e. The van der Waals surface area contributed by atoms with E-state index in [1.807, 2.05) is 36.2 Å². The zero-order chi connectivity index (χ0) is 25.9. The van der Waals surface area contributed by atoms with Gasteiger partial charge in [-0.3, -0.25) is 9.71 Å². The summed E-state index contributed by atoms with van der Waals surface area (Å²) < 4.78 is 68.1. The van der Waals surface area contributed by atoms with Gasteiger partial charge in [0.05, 0.1) is 10.5 Å². The van der Waals surface area contributed by atoms with Crippen LogP contribution in [-0.2, 0) is 22.7 Å². The largest absolute Gasteiger partial charge is 0.417 e. The molecule has 186 valence electrons. The first-order chi connectivity index (χ1) is 17.0. The summed E-state index contributed by atoms with van der Waals surface area (Å²) in [6.07, 6.45) is -2.21. The fourth-order valence-electron chi connectivity index (χ4n) is 3.57. The summed E-state index contributed by atoms with van der Waals surface area (Å²) in [6.45, 7) is 0.593. The van der Waals surface area contributed by atoms with Gasteiger partial charge in [0.1, 0.15) is 5.69 Å². The highest BCUT2D eigenvalue weighted by molar-refractivity contribution is 7.92. The Balaban J connectivity index is 1.58. The van der Waals surface area contributed by atoms with Gasteiger partial charge in [-0.05, 0) is 42.0 Å². The highest BCUT2D eigenvalue weighted by Gasteiger charge is 2.37. The quantitative estimate of drug-likeness (QED) is 0.304. The van der Waals surface area contributed by atoms with Gasteiger partial charge in [-0.2, -0.15) is 13.2 Å². The van der Waals surface area contributed by atoms with Crippen molar-refractivity contribution in [1.82, 2.24) is 9.97 Å². The molecule has 0 aliphatic rings. The lowest BCUT2D eigenvalue weighted by atomic mass is 10.1. The minimum absolute atomic E-state index is 0.180. The molecule has 0 aliphatic carbocycles. The van der Waals surface area contributed by atoms with Crippen LogP contribution in [0, 0.1) is 0 Å². The Hall–Kier alpha value is -3.63. The number of nitrogens with one attached hydrogen (secondary N) is 1. The summed E-state index contributed by atoms with van der Waals surface area (Å²) in [6, 6.07) is 18.6. The molecule has 11 heteroatoms. The van der Waals surface area contributed by atoms with Crippen LogP contribution in [0.2, 0.25) is 5.02 Å². The van der Waals surface area contributed by atoms with Crippen molar-refractivity contribution >= 4 is 33.1 Å². The molecule has 0 aliphatic heterocycles. The van der Waals surface area contributed by atoms with E-state index in [0.29, 0.717) is 23.2 Å². The van der Waals surface area contributed by atoms with E-state index < -0.39 is 26.7 Å². The second-order valence-electron chi connectivity index (χ2n) is 7.88. The van der Waals surface area contributed by atoms with Crippen LogP contribution < -0.4 is 9.62 Å². The number of rotatable bonds is 7. The highest BCUT2D eigenvalue weighted by Crippen LogP contribution is 2.35. The minimum atomic E-state index is -4.84. The third kappa shape index (κ3) is 5.77. The van der Waals surface area contributed by atoms with Crippen LogP contribution in [0.5, 0.6) is 0 Å². The number of alkyl halides is 3. The van der Waals surface area contributed by atoms with Crippen molar-refractivity contribution in [3.63, 3.8) is 0 Å². The zero-order valence-electron chi connectivity index (χ0n) is 18.9. The second-order valence-corrected chi connectivity index (χ2v) is 9.97. The minimum Gasteiger partial charge on any atom is -0.370 e. The van der Waals surface area contributed by atoms with Crippen LogP contribution in [0.1, 0.15) is 11.1 Å². The van der Waals surface area contributed by atoms with Gasteiger partial charge in [-0.15, -0.1) is 0 Å². The molecule has 0 spiro atoms. The molecule has 3 aromatic carbocycles. The second kappa shape index (κ2) is 10.2. The standard InChI is InChI=1S/C25H20ClF3N4O2S/c1-33(20-12-10-19(26)11-13-20)16-17-6-8-18(9-7-17)23-24(31-15-14-30-23)32-36(34,35)22-5-3-2-4-21(22)25(27,28)29/h2-15H,16H2,1H3,(H,31,32). The van der Waals surface area contributed by atoms with Crippen molar-refractivity contribution in [1.29, 1.82) is 0 Å². The number of anilines is 2. The number of benzene rings is 3. The molecule has 0 radical (unpaired) electrons. The molecule has 6 nitrogen and oxygen atoms in total. The lowest BCUT2D eigenvalue weighted by Crippen LogP contribution is -2.20. The molecule has 1 aromatic heterocycles. The van der Waals surface area contributed by atoms with Crippen molar-refractivity contribution in [2.45, 2.75) is 17.6 Å². The third-order valence-electron chi connectivity index (χ3n) is 5.33. The first-order valence-corrected chi connectivity index (χ1v) is 12.5. The first kappa shape index (κ1) is 25.5. The molecule has 36 heavy (non-hydrogen) atoms. The summed E-state index contributed by atoms with van der Waals surface area (Å²) in [5.41, 5.74) is 1.41. The summed E-state index contributed by atoms with van der Waals surface area (Å²) in [7, 11) is -2.67. The van der Waals surface area contributed by atoms with E-state index in [4.69, 9.17) is 11.6 Å². The maximum absolute atomic E-state index is 13.4. The Morgan fingerprint density at radius 1 is 0.917 bits per heavy atom. The van der Waals surface area contributed by atoms with Crippen molar-refractivity contribution in [3.8, 4) is 11.3 Å². The number of halogens is 4. The van der Waals surface area contributed by atoms with Crippen molar-refractivity contribution in [2.24, 2.45) is 0 Å². The lowest BCUT2D eigenvalue weighted by Gasteiger charge is -2.19. The molecule has 4 aromatic rings. The number of sulfonamides is 1. The van der Waals surface area contributed by atoms with E-state index >= 15 is 0 Å². The molecule has 0 atom stereocenters. The average Bonchev–Trinajstić information content (AvgIpc) is 2.85. The Labute approximate surface area is 211 Å². The van der Waals surface area contributed by atoms with E-state index in [0.717, 1.165) is 23.4 Å². The Morgan fingerprint density at radius 2 is 1.56 bits per heavy atom. The van der Waals surface area contributed by atoms with Gasteiger partial charge in [0, 0.05) is 42.3 Å². The van der Waals surface area contributed by atoms with E-state index in [2.05, 4.69) is 14.7 Å². The molecule has 1 N–H and O–H groups in total. The maximum atomic E-state index is 13.4. The molecule has 0 unspecified atom stereocenters. The fourth-order valence-corrected chi connectivity index (χ4v) is 4.94. The summed E-state index contributed by atoms with van der Waals surface area (Å²) in [5.74, 6) is -0.180. The Morgan fingerprint density at radius 3 is 2.22 bits per heavy atom. The van der Waals surface area contributed by atoms with E-state index in [-0.39, 0.29) is 11.5 Å². The summed E-state index contributed by atoms with van der Waals surface area (Å²) in [4.78, 5) is 9.37. The van der Waals surface area contributed by atoms with Crippen LogP contribution in [0.25, 0.3) is 11.3 Å². The number of aromatic nitrogens is 2. The van der Waals surface area contributed by atoms with Crippen molar-refractivity contribution < 1.29 is 21.6 Å². The molecule has 0 bridgehead atoms. The molecule has 0 saturated carbocycles. The number of hydrogen-bond donors (Lipinski definition) is 1. The monoisotopic (exact) mass is 532 g/mol. The van der Waals surface area contributed by atoms with Crippen LogP contribution in [0.4, 0.5) is 24.7 Å². The number of hydrogen-bond acceptors (Lipinski definition) is 5. The number of nitrogens with zero attached hydrogens (tertiary/aromatic N) is 3. The van der Waals surface area contributed by atoms with Crippen LogP contribution >= 0.6 is 11.6 Å². The van der Waals surface area contributed by atoms with Crippen molar-refractivity contribution in [3.05, 3.63) is 101 Å². The molecule has 4 rings (SSSR count). The van der Waals surface area contributed by atoms with Crippen LogP contribution in [0.15, 0.2) is 90.1 Å². The van der Waals surface area contributed by atoms with Gasteiger partial charge in [0.25, 0.3) is 10.0 Å². The molecule has 0 fully saturated rings. The van der Waals surface area contributed by atoms with Gasteiger partial charge >= 0.3 is 6.18 Å². The Bertz CT molecular complexity index is 1460. The molecule has 1 heterocycles. The van der Waals surface area contributed by atoms with Crippen LogP contribution in [-0.4, -0.2) is 25.4 Å². The summed E-state index contributed by atoms with van der Waals surface area (Å²) >= 11 is 5.95. The predicted octanol–water partition coefficient (Wildman–Crippen LogP) is 6.25. The molecule has 0 saturated heterocycles. The first-order valence-electron chi connectivity index (χ1n) is 10.6. The van der Waals surface area contributed by atoms with Gasteiger partial charge in [-0.25, -0.2) is 13.4 Å². The van der Waals surface area contributed by atoms with E-state index in [1.165, 1.54) is 18.5 Å². The van der Waals surface area contributed by atoms with Gasteiger partial charge in [-0.1, -0.05) is 48.0 Å². The van der Waals surface area contributed by atoms with Crippen LogP contribution in [0.3, 0.4) is 0 Å². The SMILES string of the molecule is CN(Cc1ccc(-c2nccnc2NS(=O)(=O)c2ccccc2C(F)(F)F)cc1)c1ccc(Cl)cc1. The topological polar surface area (TPSA) is 75.2 Å². The van der Waals surface area contributed by atoms with Crippen molar-refractivity contribution in [2.75, 3.05) is 16.7 Å². The van der Waals surface area contributed by atoms with Gasteiger partial charge in [0.2, 0.25) is 0 Å². The summed E-state index contributed by atoms with van der Waals surface area (Å²) in [5, 5.41) is 0.647. The normalized spacial score (nSPS) is 11.8. The maximum Gasteiger partial charge on any atom is 0.417 e. The zero-order valence-corrected chi connectivity index (χ0v) is 20.4. The third-order valence-corrected chi connectivity index (χ3v) is 6.97. The lowest BCUT2D eigenvalue weighted by molar-refractivity contribution is -0.139. The Kier molecular flexibility index (Phi) is 7.18. The van der Waals surface area contributed by atoms with Gasteiger partial charge < -0.3 is 4.90 Å². The fraction of sp³-hybridized carbons (Fsp3) is 0.120. The average molecular weight is 533 g/mol. The molecular weight excluding hydrogens is 513 g/mol. The van der Waals surface area contributed by atoms with E-state index in [9.17, 15) is 21.6 Å². The highest BCUT2D eigenvalue weighted by atomic mass is 35.5. The molecular formula is C25H20ClF3N4O2S. The van der Waals surface area contributed by atoms with E-state index in [1.54, 1.807) is 24.3 Å².